The second-order valence-electron chi connectivity index (χ2n) is 6.39. The molecule has 0 saturated heterocycles. The van der Waals surface area contributed by atoms with Crippen LogP contribution in [-0.4, -0.2) is 30.2 Å². The summed E-state index contributed by atoms with van der Waals surface area (Å²) in [6.07, 6.45) is 0.428. The number of ether oxygens (including phenoxy) is 1. The van der Waals surface area contributed by atoms with Gasteiger partial charge in [-0.05, 0) is 29.2 Å². The molecule has 0 spiro atoms. The number of amides is 1. The first-order chi connectivity index (χ1) is 12.0. The van der Waals surface area contributed by atoms with E-state index in [2.05, 4.69) is 0 Å². The lowest BCUT2D eigenvalue weighted by Gasteiger charge is -2.18. The van der Waals surface area contributed by atoms with Crippen LogP contribution in [0.1, 0.15) is 40.7 Å². The minimum Gasteiger partial charge on any atom is -0.483 e. The quantitative estimate of drug-likeness (QED) is 0.810. The number of hydrogen-bond acceptors (Lipinski definition) is 3. The molecule has 25 heavy (non-hydrogen) atoms. The molecule has 0 N–H and O–H groups in total. The Morgan fingerprint density at radius 1 is 1.24 bits per heavy atom. The number of rotatable bonds is 5. The number of halogens is 1. The molecule has 3 rings (SSSR count). The van der Waals surface area contributed by atoms with Crippen LogP contribution in [0.4, 0.5) is 0 Å². The number of Topliss-reactive ketones (excluding diaryl/α,β-unsaturated/α-hetero) is 1. The summed E-state index contributed by atoms with van der Waals surface area (Å²) in [5.41, 5.74) is 2.41. The molecule has 0 bridgehead atoms. The van der Waals surface area contributed by atoms with Crippen molar-refractivity contribution in [2.45, 2.75) is 25.8 Å². The molecule has 0 heterocycles. The van der Waals surface area contributed by atoms with Crippen molar-refractivity contribution in [3.8, 4) is 5.75 Å². The molecule has 0 radical (unpaired) electrons. The molecule has 0 aliphatic heterocycles. The Labute approximate surface area is 152 Å². The van der Waals surface area contributed by atoms with E-state index in [1.165, 1.54) is 0 Å². The minimum absolute atomic E-state index is 0.0186. The van der Waals surface area contributed by atoms with Gasteiger partial charge < -0.3 is 9.64 Å². The zero-order valence-electron chi connectivity index (χ0n) is 14.3. The topological polar surface area (TPSA) is 46.6 Å². The molecule has 5 heteroatoms. The fourth-order valence-electron chi connectivity index (χ4n) is 3.14. The Hall–Kier alpha value is -2.33. The van der Waals surface area contributed by atoms with Crippen LogP contribution in [0.5, 0.6) is 5.75 Å². The Balaban J connectivity index is 1.68. The number of likely N-dealkylation sites (N-methyl/N-ethyl adjacent to an activating group) is 1. The SMILES string of the molecule is CC1CC(=O)c2c(OCC(=O)N(C)Cc3ccccc3)ccc(Cl)c21. The van der Waals surface area contributed by atoms with E-state index >= 15 is 0 Å². The molecule has 1 aliphatic carbocycles. The number of carbonyl (C=O) groups excluding carboxylic acids is 2. The molecule has 1 aliphatic rings. The summed E-state index contributed by atoms with van der Waals surface area (Å²) in [6.45, 7) is 2.37. The van der Waals surface area contributed by atoms with E-state index in [1.54, 1.807) is 24.1 Å². The number of benzene rings is 2. The average molecular weight is 358 g/mol. The van der Waals surface area contributed by atoms with Gasteiger partial charge in [0.05, 0.1) is 5.56 Å². The van der Waals surface area contributed by atoms with Gasteiger partial charge in [0.25, 0.3) is 5.91 Å². The highest BCUT2D eigenvalue weighted by Gasteiger charge is 2.32. The smallest absolute Gasteiger partial charge is 0.260 e. The number of ketones is 1. The molecule has 130 valence electrons. The summed E-state index contributed by atoms with van der Waals surface area (Å²) in [6, 6.07) is 13.1. The van der Waals surface area contributed by atoms with E-state index in [9.17, 15) is 9.59 Å². The third-order valence-corrected chi connectivity index (χ3v) is 4.79. The number of carbonyl (C=O) groups is 2. The molecule has 1 atom stereocenters. The van der Waals surface area contributed by atoms with Gasteiger partial charge in [0, 0.05) is 25.0 Å². The van der Waals surface area contributed by atoms with Crippen LogP contribution in [-0.2, 0) is 11.3 Å². The molecule has 0 fully saturated rings. The van der Waals surface area contributed by atoms with Gasteiger partial charge in [0.15, 0.2) is 12.4 Å². The molecule has 2 aromatic rings. The standard InChI is InChI=1S/C20H20ClNO3/c1-13-10-16(23)20-17(9-8-15(21)19(13)20)25-12-18(24)22(2)11-14-6-4-3-5-7-14/h3-9,13H,10-12H2,1-2H3. The largest absolute Gasteiger partial charge is 0.483 e. The maximum atomic E-state index is 12.3. The van der Waals surface area contributed by atoms with Crippen LogP contribution in [0.3, 0.4) is 0 Å². The van der Waals surface area contributed by atoms with Crippen molar-refractivity contribution in [3.05, 3.63) is 64.2 Å². The van der Waals surface area contributed by atoms with Crippen LogP contribution in [0.15, 0.2) is 42.5 Å². The Bertz CT molecular complexity index is 804. The van der Waals surface area contributed by atoms with E-state index in [0.717, 1.165) is 11.1 Å². The molecule has 2 aromatic carbocycles. The summed E-state index contributed by atoms with van der Waals surface area (Å²) >= 11 is 6.22. The lowest BCUT2D eigenvalue weighted by atomic mass is 10.0. The predicted molar refractivity (Wildman–Crippen MR) is 97.2 cm³/mol. The Morgan fingerprint density at radius 2 is 1.96 bits per heavy atom. The summed E-state index contributed by atoms with van der Waals surface area (Å²) in [5, 5.41) is 0.577. The van der Waals surface area contributed by atoms with E-state index < -0.39 is 0 Å². The zero-order chi connectivity index (χ0) is 18.0. The van der Waals surface area contributed by atoms with Crippen molar-refractivity contribution in [3.63, 3.8) is 0 Å². The summed E-state index contributed by atoms with van der Waals surface area (Å²) in [5.74, 6) is 0.390. The average Bonchev–Trinajstić information content (AvgIpc) is 2.90. The van der Waals surface area contributed by atoms with E-state index in [0.29, 0.717) is 29.3 Å². The van der Waals surface area contributed by atoms with Crippen LogP contribution >= 0.6 is 11.6 Å². The van der Waals surface area contributed by atoms with Crippen molar-refractivity contribution in [2.24, 2.45) is 0 Å². The van der Waals surface area contributed by atoms with Crippen LogP contribution < -0.4 is 4.74 Å². The van der Waals surface area contributed by atoms with Gasteiger partial charge in [0.1, 0.15) is 5.75 Å². The fraction of sp³-hybridized carbons (Fsp3) is 0.300. The maximum Gasteiger partial charge on any atom is 0.260 e. The van der Waals surface area contributed by atoms with Crippen molar-refractivity contribution >= 4 is 23.3 Å². The highest BCUT2D eigenvalue weighted by molar-refractivity contribution is 6.32. The first kappa shape index (κ1) is 17.5. The Kier molecular flexibility index (Phi) is 5.09. The van der Waals surface area contributed by atoms with Gasteiger partial charge in [-0.1, -0.05) is 48.9 Å². The molecule has 1 amide bonds. The second-order valence-corrected chi connectivity index (χ2v) is 6.79. The second kappa shape index (κ2) is 7.28. The lowest BCUT2D eigenvalue weighted by molar-refractivity contribution is -0.132. The van der Waals surface area contributed by atoms with E-state index in [4.69, 9.17) is 16.3 Å². The van der Waals surface area contributed by atoms with Crippen LogP contribution in [0.2, 0.25) is 5.02 Å². The number of hydrogen-bond donors (Lipinski definition) is 0. The van der Waals surface area contributed by atoms with Gasteiger partial charge in [-0.15, -0.1) is 0 Å². The lowest BCUT2D eigenvalue weighted by Crippen LogP contribution is -2.31. The molecule has 0 aromatic heterocycles. The zero-order valence-corrected chi connectivity index (χ0v) is 15.0. The van der Waals surface area contributed by atoms with Crippen LogP contribution in [0, 0.1) is 0 Å². The number of nitrogens with zero attached hydrogens (tertiary/aromatic N) is 1. The molecule has 0 saturated carbocycles. The molecule has 4 nitrogen and oxygen atoms in total. The molecular formula is C20H20ClNO3. The van der Waals surface area contributed by atoms with E-state index in [1.807, 2.05) is 37.3 Å². The van der Waals surface area contributed by atoms with Crippen molar-refractivity contribution in [1.82, 2.24) is 4.90 Å². The van der Waals surface area contributed by atoms with Crippen molar-refractivity contribution in [1.29, 1.82) is 0 Å². The third-order valence-electron chi connectivity index (χ3n) is 4.46. The van der Waals surface area contributed by atoms with Gasteiger partial charge in [-0.3, -0.25) is 9.59 Å². The highest BCUT2D eigenvalue weighted by atomic mass is 35.5. The maximum absolute atomic E-state index is 12.3. The Morgan fingerprint density at radius 3 is 2.68 bits per heavy atom. The first-order valence-electron chi connectivity index (χ1n) is 8.23. The van der Waals surface area contributed by atoms with Gasteiger partial charge in [-0.25, -0.2) is 0 Å². The van der Waals surface area contributed by atoms with E-state index in [-0.39, 0.29) is 24.2 Å². The van der Waals surface area contributed by atoms with Crippen molar-refractivity contribution < 1.29 is 14.3 Å². The minimum atomic E-state index is -0.147. The fourth-order valence-corrected chi connectivity index (χ4v) is 3.48. The molecule has 1 unspecified atom stereocenters. The van der Waals surface area contributed by atoms with Gasteiger partial charge >= 0.3 is 0 Å². The normalized spacial score (nSPS) is 15.8. The van der Waals surface area contributed by atoms with Gasteiger partial charge in [-0.2, -0.15) is 0 Å². The van der Waals surface area contributed by atoms with Crippen molar-refractivity contribution in [2.75, 3.05) is 13.7 Å². The van der Waals surface area contributed by atoms with Crippen LogP contribution in [0.25, 0.3) is 0 Å². The monoisotopic (exact) mass is 357 g/mol. The highest BCUT2D eigenvalue weighted by Crippen LogP contribution is 2.42. The number of fused-ring (bicyclic) bond motifs is 1. The first-order valence-corrected chi connectivity index (χ1v) is 8.61. The molecular weight excluding hydrogens is 338 g/mol. The summed E-state index contributed by atoms with van der Waals surface area (Å²) in [4.78, 5) is 26.2. The third kappa shape index (κ3) is 3.69. The summed E-state index contributed by atoms with van der Waals surface area (Å²) < 4.78 is 5.67. The summed E-state index contributed by atoms with van der Waals surface area (Å²) in [7, 11) is 1.73. The predicted octanol–water partition coefficient (Wildman–Crippen LogP) is 4.07. The van der Waals surface area contributed by atoms with Gasteiger partial charge in [0.2, 0.25) is 0 Å².